The van der Waals surface area contributed by atoms with E-state index in [0.29, 0.717) is 5.56 Å². The van der Waals surface area contributed by atoms with Gasteiger partial charge in [0, 0.05) is 24.3 Å². The molecule has 0 radical (unpaired) electrons. The molecule has 0 aromatic heterocycles. The standard InChI is InChI=1S/C15H21FN2S/c1-2-3-11-6-8-18(9-7-11)12-4-5-13(15(17)19)14(16)10-12/h4-5,10-11H,2-3,6-9H2,1H3,(H2,17,19). The molecule has 0 spiro atoms. The van der Waals surface area contributed by atoms with E-state index in [1.807, 2.05) is 6.07 Å². The summed E-state index contributed by atoms with van der Waals surface area (Å²) in [6.07, 6.45) is 4.96. The first-order valence-electron chi connectivity index (χ1n) is 6.96. The highest BCUT2D eigenvalue weighted by atomic mass is 32.1. The number of nitrogens with zero attached hydrogens (tertiary/aromatic N) is 1. The van der Waals surface area contributed by atoms with Gasteiger partial charge in [-0.3, -0.25) is 0 Å². The van der Waals surface area contributed by atoms with Crippen LogP contribution in [0.5, 0.6) is 0 Å². The molecule has 1 aliphatic rings. The zero-order valence-corrected chi connectivity index (χ0v) is 12.2. The fraction of sp³-hybridized carbons (Fsp3) is 0.533. The van der Waals surface area contributed by atoms with E-state index in [4.69, 9.17) is 18.0 Å². The quantitative estimate of drug-likeness (QED) is 0.856. The third-order valence-corrected chi connectivity index (χ3v) is 4.11. The second-order valence-electron chi connectivity index (χ2n) is 5.25. The Bertz CT molecular complexity index is 453. The first kappa shape index (κ1) is 14.3. The van der Waals surface area contributed by atoms with Gasteiger partial charge in [-0.15, -0.1) is 0 Å². The number of nitrogens with two attached hydrogens (primary N) is 1. The van der Waals surface area contributed by atoms with Crippen LogP contribution in [0.1, 0.15) is 38.2 Å². The molecule has 2 nitrogen and oxygen atoms in total. The summed E-state index contributed by atoms with van der Waals surface area (Å²) in [5, 5.41) is 0. The molecule has 0 unspecified atom stereocenters. The van der Waals surface area contributed by atoms with Crippen LogP contribution >= 0.6 is 12.2 Å². The molecular weight excluding hydrogens is 259 g/mol. The van der Waals surface area contributed by atoms with E-state index >= 15 is 0 Å². The number of anilines is 1. The van der Waals surface area contributed by atoms with E-state index in [1.54, 1.807) is 12.1 Å². The Morgan fingerprint density at radius 3 is 2.63 bits per heavy atom. The van der Waals surface area contributed by atoms with Crippen LogP contribution < -0.4 is 10.6 Å². The van der Waals surface area contributed by atoms with Gasteiger partial charge in [0.15, 0.2) is 0 Å². The van der Waals surface area contributed by atoms with Gasteiger partial charge in [-0.2, -0.15) is 0 Å². The van der Waals surface area contributed by atoms with Gasteiger partial charge in [0.25, 0.3) is 0 Å². The lowest BCUT2D eigenvalue weighted by atomic mass is 9.92. The molecule has 0 atom stereocenters. The van der Waals surface area contributed by atoms with Crippen LogP contribution in [0.4, 0.5) is 10.1 Å². The van der Waals surface area contributed by atoms with Gasteiger partial charge in [0.05, 0.1) is 0 Å². The summed E-state index contributed by atoms with van der Waals surface area (Å²) in [4.78, 5) is 2.36. The van der Waals surface area contributed by atoms with Gasteiger partial charge in [-0.1, -0.05) is 32.0 Å². The lowest BCUT2D eigenvalue weighted by Gasteiger charge is -2.33. The molecule has 2 rings (SSSR count). The molecule has 4 heteroatoms. The van der Waals surface area contributed by atoms with E-state index in [2.05, 4.69) is 11.8 Å². The van der Waals surface area contributed by atoms with Crippen LogP contribution in [0.15, 0.2) is 18.2 Å². The minimum Gasteiger partial charge on any atom is -0.389 e. The monoisotopic (exact) mass is 280 g/mol. The predicted octanol–water partition coefficient (Wildman–Crippen LogP) is 3.48. The SMILES string of the molecule is CCCC1CCN(c2ccc(C(N)=S)c(F)c2)CC1. The van der Waals surface area contributed by atoms with E-state index in [0.717, 1.165) is 24.7 Å². The topological polar surface area (TPSA) is 29.3 Å². The molecule has 104 valence electrons. The smallest absolute Gasteiger partial charge is 0.135 e. The molecule has 1 heterocycles. The van der Waals surface area contributed by atoms with Crippen molar-refractivity contribution >= 4 is 22.9 Å². The third kappa shape index (κ3) is 3.44. The van der Waals surface area contributed by atoms with Gasteiger partial charge in [-0.05, 0) is 37.0 Å². The molecule has 1 saturated heterocycles. The molecule has 1 fully saturated rings. The predicted molar refractivity (Wildman–Crippen MR) is 82.1 cm³/mol. The molecule has 1 aliphatic heterocycles. The Balaban J connectivity index is 2.04. The van der Waals surface area contributed by atoms with Crippen molar-refractivity contribution in [3.8, 4) is 0 Å². The van der Waals surface area contributed by atoms with E-state index in [9.17, 15) is 4.39 Å². The van der Waals surface area contributed by atoms with Crippen molar-refractivity contribution in [1.82, 2.24) is 0 Å². The fourth-order valence-corrected chi connectivity index (χ4v) is 2.95. The van der Waals surface area contributed by atoms with Crippen molar-refractivity contribution < 1.29 is 4.39 Å². The zero-order valence-electron chi connectivity index (χ0n) is 11.4. The number of hydrogen-bond acceptors (Lipinski definition) is 2. The van der Waals surface area contributed by atoms with Gasteiger partial charge in [0.1, 0.15) is 10.8 Å². The van der Waals surface area contributed by atoms with Crippen LogP contribution in [-0.4, -0.2) is 18.1 Å². The molecule has 0 amide bonds. The average molecular weight is 280 g/mol. The number of hydrogen-bond donors (Lipinski definition) is 1. The second-order valence-corrected chi connectivity index (χ2v) is 5.69. The van der Waals surface area contributed by atoms with Gasteiger partial charge < -0.3 is 10.6 Å². The minimum absolute atomic E-state index is 0.116. The Kier molecular flexibility index (Phi) is 4.75. The third-order valence-electron chi connectivity index (χ3n) is 3.89. The molecular formula is C15H21FN2S. The summed E-state index contributed by atoms with van der Waals surface area (Å²) in [6.45, 7) is 4.25. The van der Waals surface area contributed by atoms with Gasteiger partial charge in [0.2, 0.25) is 0 Å². The largest absolute Gasteiger partial charge is 0.389 e. The fourth-order valence-electron chi connectivity index (χ4n) is 2.79. The molecule has 0 bridgehead atoms. The Morgan fingerprint density at radius 1 is 1.42 bits per heavy atom. The zero-order chi connectivity index (χ0) is 13.8. The number of benzene rings is 1. The van der Waals surface area contributed by atoms with Crippen LogP contribution in [0.2, 0.25) is 0 Å². The first-order chi connectivity index (χ1) is 9.11. The highest BCUT2D eigenvalue weighted by Gasteiger charge is 2.19. The first-order valence-corrected chi connectivity index (χ1v) is 7.37. The number of piperidine rings is 1. The summed E-state index contributed by atoms with van der Waals surface area (Å²) in [5.74, 6) is 0.516. The summed E-state index contributed by atoms with van der Waals surface area (Å²) < 4.78 is 13.9. The van der Waals surface area contributed by atoms with Crippen LogP contribution in [-0.2, 0) is 0 Å². The molecule has 0 aliphatic carbocycles. The van der Waals surface area contributed by atoms with Crippen LogP contribution in [0, 0.1) is 11.7 Å². The van der Waals surface area contributed by atoms with Gasteiger partial charge >= 0.3 is 0 Å². The maximum atomic E-state index is 13.9. The van der Waals surface area contributed by atoms with Crippen molar-refractivity contribution in [2.75, 3.05) is 18.0 Å². The molecule has 1 aromatic carbocycles. The average Bonchev–Trinajstić information content (AvgIpc) is 2.39. The van der Waals surface area contributed by atoms with Crippen molar-refractivity contribution in [2.24, 2.45) is 11.7 Å². The maximum Gasteiger partial charge on any atom is 0.135 e. The van der Waals surface area contributed by atoms with E-state index in [1.165, 1.54) is 25.7 Å². The van der Waals surface area contributed by atoms with Crippen molar-refractivity contribution in [1.29, 1.82) is 0 Å². The summed E-state index contributed by atoms with van der Waals surface area (Å²) >= 11 is 4.82. The maximum absolute atomic E-state index is 13.9. The summed E-state index contributed by atoms with van der Waals surface area (Å²) in [7, 11) is 0. The lowest BCUT2D eigenvalue weighted by molar-refractivity contribution is 0.378. The molecule has 19 heavy (non-hydrogen) atoms. The lowest BCUT2D eigenvalue weighted by Crippen LogP contribution is -2.33. The number of halogens is 1. The highest BCUT2D eigenvalue weighted by Crippen LogP contribution is 2.27. The van der Waals surface area contributed by atoms with E-state index < -0.39 is 0 Å². The number of thiocarbonyl (C=S) groups is 1. The van der Waals surface area contributed by atoms with Crippen molar-refractivity contribution in [3.63, 3.8) is 0 Å². The van der Waals surface area contributed by atoms with E-state index in [-0.39, 0.29) is 10.8 Å². The minimum atomic E-state index is -0.319. The molecule has 0 saturated carbocycles. The molecule has 2 N–H and O–H groups in total. The van der Waals surface area contributed by atoms with Crippen LogP contribution in [0.3, 0.4) is 0 Å². The Morgan fingerprint density at radius 2 is 2.11 bits per heavy atom. The number of rotatable bonds is 4. The van der Waals surface area contributed by atoms with Crippen molar-refractivity contribution in [3.05, 3.63) is 29.6 Å². The van der Waals surface area contributed by atoms with Crippen LogP contribution in [0.25, 0.3) is 0 Å². The normalized spacial score (nSPS) is 16.6. The summed E-state index contributed by atoms with van der Waals surface area (Å²) in [6, 6.07) is 5.15. The Hall–Kier alpha value is -1.16. The molecule has 1 aromatic rings. The Labute approximate surface area is 119 Å². The summed E-state index contributed by atoms with van der Waals surface area (Å²) in [5.41, 5.74) is 6.74. The second kappa shape index (κ2) is 6.33. The van der Waals surface area contributed by atoms with Gasteiger partial charge in [-0.25, -0.2) is 4.39 Å². The highest BCUT2D eigenvalue weighted by molar-refractivity contribution is 7.80. The van der Waals surface area contributed by atoms with Crippen molar-refractivity contribution in [2.45, 2.75) is 32.6 Å².